The van der Waals surface area contributed by atoms with E-state index in [1.165, 1.54) is 0 Å². The number of hydrogen-bond acceptors (Lipinski definition) is 5. The number of ether oxygens (including phenoxy) is 2. The summed E-state index contributed by atoms with van der Waals surface area (Å²) in [6.07, 6.45) is 0. The maximum Gasteiger partial charge on any atom is 0.291 e. The van der Waals surface area contributed by atoms with Crippen LogP contribution in [0.5, 0.6) is 11.5 Å². The number of aryl methyl sites for hydroxylation is 1. The predicted octanol–water partition coefficient (Wildman–Crippen LogP) is 7.20. The fourth-order valence-corrected chi connectivity index (χ4v) is 5.05. The number of carbonyl (C=O) groups is 1. The molecule has 8 heteroatoms. The second kappa shape index (κ2) is 10.4. The van der Waals surface area contributed by atoms with Crippen LogP contribution in [0.25, 0.3) is 11.0 Å². The van der Waals surface area contributed by atoms with E-state index in [9.17, 15) is 9.59 Å². The van der Waals surface area contributed by atoms with Gasteiger partial charge in [0.1, 0.15) is 5.58 Å². The van der Waals surface area contributed by atoms with Crippen molar-refractivity contribution >= 4 is 40.1 Å². The summed E-state index contributed by atoms with van der Waals surface area (Å²) in [5.74, 6) is 1.04. The molecule has 1 aliphatic rings. The summed E-state index contributed by atoms with van der Waals surface area (Å²) in [6.45, 7) is 6.64. The van der Waals surface area contributed by atoms with Crippen LogP contribution >= 0.6 is 23.2 Å². The van der Waals surface area contributed by atoms with Crippen molar-refractivity contribution in [3.05, 3.63) is 103 Å². The van der Waals surface area contributed by atoms with Crippen molar-refractivity contribution in [3.63, 3.8) is 0 Å². The second-order valence-electron chi connectivity index (χ2n) is 9.81. The Hall–Kier alpha value is -3.48. The van der Waals surface area contributed by atoms with Crippen molar-refractivity contribution in [3.8, 4) is 11.5 Å². The molecule has 0 fully saturated rings. The van der Waals surface area contributed by atoms with Gasteiger partial charge < -0.3 is 18.8 Å². The van der Waals surface area contributed by atoms with E-state index < -0.39 is 11.9 Å². The number of halogens is 2. The van der Waals surface area contributed by atoms with Gasteiger partial charge >= 0.3 is 0 Å². The van der Waals surface area contributed by atoms with Gasteiger partial charge in [0.25, 0.3) is 5.91 Å². The van der Waals surface area contributed by atoms with Gasteiger partial charge in [-0.25, -0.2) is 0 Å². The smallest absolute Gasteiger partial charge is 0.291 e. The van der Waals surface area contributed by atoms with Gasteiger partial charge in [-0.05, 0) is 59.9 Å². The van der Waals surface area contributed by atoms with Gasteiger partial charge in [0.2, 0.25) is 5.76 Å². The van der Waals surface area contributed by atoms with Crippen LogP contribution in [0.2, 0.25) is 10.0 Å². The van der Waals surface area contributed by atoms with Gasteiger partial charge in [-0.2, -0.15) is 0 Å². The molecular weight excluding hydrogens is 525 g/mol. The number of carbonyl (C=O) groups excluding carboxylic acids is 1. The van der Waals surface area contributed by atoms with Crippen molar-refractivity contribution < 1.29 is 18.7 Å². The average molecular weight is 552 g/mol. The second-order valence-corrected chi connectivity index (χ2v) is 10.6. The number of amides is 1. The van der Waals surface area contributed by atoms with Gasteiger partial charge in [0.15, 0.2) is 16.9 Å². The maximum absolute atomic E-state index is 13.9. The molecule has 5 rings (SSSR count). The quantitative estimate of drug-likeness (QED) is 0.243. The first-order valence-corrected chi connectivity index (χ1v) is 13.1. The van der Waals surface area contributed by atoms with Crippen LogP contribution in [0.4, 0.5) is 0 Å². The Labute approximate surface area is 230 Å². The first kappa shape index (κ1) is 26.1. The third-order valence-corrected chi connectivity index (χ3v) is 7.40. The monoisotopic (exact) mass is 551 g/mol. The zero-order valence-electron chi connectivity index (χ0n) is 21.5. The van der Waals surface area contributed by atoms with Crippen LogP contribution in [0, 0.1) is 12.8 Å². The van der Waals surface area contributed by atoms with Crippen molar-refractivity contribution in [2.45, 2.75) is 33.4 Å². The molecule has 6 nitrogen and oxygen atoms in total. The summed E-state index contributed by atoms with van der Waals surface area (Å²) in [7, 11) is 1.56. The highest BCUT2D eigenvalue weighted by Gasteiger charge is 2.43. The highest BCUT2D eigenvalue weighted by atomic mass is 35.5. The molecule has 1 unspecified atom stereocenters. The van der Waals surface area contributed by atoms with Gasteiger partial charge in [-0.15, -0.1) is 0 Å². The Bertz CT molecular complexity index is 1610. The summed E-state index contributed by atoms with van der Waals surface area (Å²) >= 11 is 12.8. The standard InChI is InChI=1S/C30H27Cl2NO5/c1-16(2)15-37-23-10-9-18(12-25(23)36-4)27-26-28(34)20-13-22(32)17(3)11-24(20)38-29(26)30(35)33(27)14-19-7-5-6-8-21(19)31/h5-13,16,27H,14-15H2,1-4H3. The third kappa shape index (κ3) is 4.63. The lowest BCUT2D eigenvalue weighted by atomic mass is 9.97. The van der Waals surface area contributed by atoms with Crippen LogP contribution in [0.3, 0.4) is 0 Å². The molecule has 0 saturated heterocycles. The minimum atomic E-state index is -0.734. The van der Waals surface area contributed by atoms with Crippen molar-refractivity contribution in [1.29, 1.82) is 0 Å². The Morgan fingerprint density at radius 1 is 1.00 bits per heavy atom. The largest absolute Gasteiger partial charge is 0.493 e. The van der Waals surface area contributed by atoms with Gasteiger partial charge in [0.05, 0.1) is 30.7 Å². The molecule has 38 heavy (non-hydrogen) atoms. The van der Waals surface area contributed by atoms with Crippen molar-refractivity contribution in [2.75, 3.05) is 13.7 Å². The zero-order valence-corrected chi connectivity index (χ0v) is 23.0. The van der Waals surface area contributed by atoms with Crippen molar-refractivity contribution in [1.82, 2.24) is 4.90 Å². The molecule has 1 aromatic heterocycles. The van der Waals surface area contributed by atoms with Gasteiger partial charge in [-0.3, -0.25) is 9.59 Å². The van der Waals surface area contributed by atoms with Crippen LogP contribution < -0.4 is 14.9 Å². The average Bonchev–Trinajstić information content (AvgIpc) is 3.16. The molecule has 2 heterocycles. The molecule has 4 aromatic rings. The molecule has 1 aliphatic heterocycles. The number of methoxy groups -OCH3 is 1. The molecule has 0 spiro atoms. The molecule has 0 bridgehead atoms. The number of rotatable bonds is 7. The molecule has 0 saturated carbocycles. The molecular formula is C30H27Cl2NO5. The number of benzene rings is 3. The molecule has 196 valence electrons. The minimum Gasteiger partial charge on any atom is -0.493 e. The molecule has 0 N–H and O–H groups in total. The lowest BCUT2D eigenvalue weighted by Crippen LogP contribution is -2.29. The van der Waals surface area contributed by atoms with E-state index in [0.717, 1.165) is 11.1 Å². The fraction of sp³-hybridized carbons (Fsp3) is 0.267. The summed E-state index contributed by atoms with van der Waals surface area (Å²) in [5, 5.41) is 1.30. The van der Waals surface area contributed by atoms with E-state index in [4.69, 9.17) is 37.1 Å². The topological polar surface area (TPSA) is 69.0 Å². The Balaban J connectivity index is 1.70. The lowest BCUT2D eigenvalue weighted by Gasteiger charge is -2.26. The molecule has 3 aromatic carbocycles. The van der Waals surface area contributed by atoms with Gasteiger partial charge in [0, 0.05) is 16.6 Å². The van der Waals surface area contributed by atoms with E-state index in [1.54, 1.807) is 42.3 Å². The molecule has 1 atom stereocenters. The SMILES string of the molecule is COc1cc(C2c3c(oc4cc(C)c(Cl)cc4c3=O)C(=O)N2Cc2ccccc2Cl)ccc1OCC(C)C. The summed E-state index contributed by atoms with van der Waals surface area (Å²) < 4.78 is 17.6. The number of fused-ring (bicyclic) bond motifs is 2. The molecule has 0 radical (unpaired) electrons. The van der Waals surface area contributed by atoms with Crippen LogP contribution in [0.1, 0.15) is 52.7 Å². The Kier molecular flexibility index (Phi) is 7.12. The maximum atomic E-state index is 13.9. The third-order valence-electron chi connectivity index (χ3n) is 6.62. The summed E-state index contributed by atoms with van der Waals surface area (Å²) in [5.41, 5.74) is 2.45. The van der Waals surface area contributed by atoms with Crippen molar-refractivity contribution in [2.24, 2.45) is 5.92 Å². The lowest BCUT2D eigenvalue weighted by molar-refractivity contribution is 0.0714. The van der Waals surface area contributed by atoms with E-state index in [0.29, 0.717) is 50.6 Å². The normalized spacial score (nSPS) is 14.9. The highest BCUT2D eigenvalue weighted by molar-refractivity contribution is 6.32. The van der Waals surface area contributed by atoms with Crippen LogP contribution in [-0.2, 0) is 6.54 Å². The Morgan fingerprint density at radius 3 is 2.47 bits per heavy atom. The van der Waals surface area contributed by atoms with E-state index in [-0.39, 0.29) is 23.3 Å². The fourth-order valence-electron chi connectivity index (χ4n) is 4.69. The van der Waals surface area contributed by atoms with Crippen LogP contribution in [0.15, 0.2) is 63.8 Å². The number of hydrogen-bond donors (Lipinski definition) is 0. The predicted molar refractivity (Wildman–Crippen MR) is 149 cm³/mol. The first-order valence-electron chi connectivity index (χ1n) is 12.3. The highest BCUT2D eigenvalue weighted by Crippen LogP contribution is 2.42. The zero-order chi connectivity index (χ0) is 27.1. The van der Waals surface area contributed by atoms with E-state index >= 15 is 0 Å². The summed E-state index contributed by atoms with van der Waals surface area (Å²) in [6, 6.07) is 15.3. The van der Waals surface area contributed by atoms with Crippen LogP contribution in [-0.4, -0.2) is 24.5 Å². The summed E-state index contributed by atoms with van der Waals surface area (Å²) in [4.78, 5) is 29.3. The van der Waals surface area contributed by atoms with E-state index in [1.807, 2.05) is 31.2 Å². The minimum absolute atomic E-state index is 0.0142. The Morgan fingerprint density at radius 2 is 1.76 bits per heavy atom. The number of nitrogens with zero attached hydrogens (tertiary/aromatic N) is 1. The van der Waals surface area contributed by atoms with Gasteiger partial charge in [-0.1, -0.05) is 61.3 Å². The first-order chi connectivity index (χ1) is 18.2. The van der Waals surface area contributed by atoms with E-state index in [2.05, 4.69) is 13.8 Å². The molecule has 0 aliphatic carbocycles. The molecule has 1 amide bonds.